The fourth-order valence-electron chi connectivity index (χ4n) is 1.59. The second-order valence-electron chi connectivity index (χ2n) is 3.71. The van der Waals surface area contributed by atoms with Gasteiger partial charge in [0.2, 0.25) is 0 Å². The van der Waals surface area contributed by atoms with Crippen molar-refractivity contribution in [3.8, 4) is 0 Å². The van der Waals surface area contributed by atoms with Gasteiger partial charge in [-0.25, -0.2) is 0 Å². The predicted molar refractivity (Wildman–Crippen MR) is 53.8 cm³/mol. The van der Waals surface area contributed by atoms with Gasteiger partial charge in [-0.15, -0.1) is 0 Å². The Hall–Kier alpha value is -1.02. The van der Waals surface area contributed by atoms with Crippen molar-refractivity contribution in [1.82, 2.24) is 0 Å². The van der Waals surface area contributed by atoms with E-state index in [-0.39, 0.29) is 12.1 Å². The molecule has 0 radical (unpaired) electrons. The maximum atomic E-state index is 9.40. The van der Waals surface area contributed by atoms with E-state index in [1.807, 2.05) is 12.1 Å². The van der Waals surface area contributed by atoms with Gasteiger partial charge in [0.1, 0.15) is 0 Å². The molecule has 1 aliphatic rings. The third-order valence-electron chi connectivity index (χ3n) is 2.72. The van der Waals surface area contributed by atoms with E-state index in [0.717, 1.165) is 18.5 Å². The van der Waals surface area contributed by atoms with Gasteiger partial charge in [0, 0.05) is 5.69 Å². The van der Waals surface area contributed by atoms with Crippen LogP contribution in [0.3, 0.4) is 0 Å². The number of aliphatic hydroxyl groups is 1. The Labute approximate surface area is 78.6 Å². The van der Waals surface area contributed by atoms with E-state index >= 15 is 0 Å². The van der Waals surface area contributed by atoms with Gasteiger partial charge in [0.15, 0.2) is 0 Å². The lowest BCUT2D eigenvalue weighted by molar-refractivity contribution is 0.0786. The normalized spacial score (nSPS) is 26.6. The zero-order valence-corrected chi connectivity index (χ0v) is 7.83. The molecule has 2 atom stereocenters. The maximum Gasteiger partial charge on any atom is 0.0741 e. The lowest BCUT2D eigenvalue weighted by Crippen LogP contribution is -2.42. The van der Waals surface area contributed by atoms with Crippen LogP contribution in [0, 0.1) is 6.92 Å². The summed E-state index contributed by atoms with van der Waals surface area (Å²) in [7, 11) is 0. The van der Waals surface area contributed by atoms with Gasteiger partial charge in [-0.1, -0.05) is 18.2 Å². The number of hydrogen-bond acceptors (Lipinski definition) is 2. The summed E-state index contributed by atoms with van der Waals surface area (Å²) in [5.74, 6) is 0. The van der Waals surface area contributed by atoms with Gasteiger partial charge < -0.3 is 10.4 Å². The molecule has 1 aromatic carbocycles. The number of rotatable bonds is 2. The van der Waals surface area contributed by atoms with E-state index < -0.39 is 0 Å². The molecule has 0 spiro atoms. The fourth-order valence-corrected chi connectivity index (χ4v) is 1.59. The van der Waals surface area contributed by atoms with Gasteiger partial charge in [0.25, 0.3) is 0 Å². The molecule has 2 nitrogen and oxygen atoms in total. The van der Waals surface area contributed by atoms with Crippen molar-refractivity contribution in [1.29, 1.82) is 0 Å². The number of para-hydroxylation sites is 1. The van der Waals surface area contributed by atoms with Crippen LogP contribution in [-0.2, 0) is 0 Å². The first-order valence-electron chi connectivity index (χ1n) is 4.77. The third-order valence-corrected chi connectivity index (χ3v) is 2.72. The van der Waals surface area contributed by atoms with Crippen molar-refractivity contribution in [2.24, 2.45) is 0 Å². The second-order valence-corrected chi connectivity index (χ2v) is 3.71. The van der Waals surface area contributed by atoms with E-state index in [0.29, 0.717) is 0 Å². The molecule has 2 N–H and O–H groups in total. The van der Waals surface area contributed by atoms with Gasteiger partial charge in [0.05, 0.1) is 12.1 Å². The minimum absolute atomic E-state index is 0.153. The van der Waals surface area contributed by atoms with Crippen molar-refractivity contribution in [2.45, 2.75) is 31.9 Å². The third kappa shape index (κ3) is 1.68. The largest absolute Gasteiger partial charge is 0.391 e. The van der Waals surface area contributed by atoms with Crippen LogP contribution in [0.15, 0.2) is 24.3 Å². The number of hydrogen-bond donors (Lipinski definition) is 2. The van der Waals surface area contributed by atoms with Gasteiger partial charge >= 0.3 is 0 Å². The smallest absolute Gasteiger partial charge is 0.0741 e. The van der Waals surface area contributed by atoms with E-state index in [1.54, 1.807) is 0 Å². The SMILES string of the molecule is Cc1ccccc1N[C@@H]1CC[C@H]1O. The zero-order valence-electron chi connectivity index (χ0n) is 7.83. The quantitative estimate of drug-likeness (QED) is 0.723. The Morgan fingerprint density at radius 2 is 2.08 bits per heavy atom. The minimum atomic E-state index is -0.153. The Kier molecular flexibility index (Phi) is 2.23. The molecule has 2 rings (SSSR count). The number of aryl methyl sites for hydroxylation is 1. The summed E-state index contributed by atoms with van der Waals surface area (Å²) in [6.45, 7) is 2.08. The highest BCUT2D eigenvalue weighted by molar-refractivity contribution is 5.51. The topological polar surface area (TPSA) is 32.3 Å². The molecular weight excluding hydrogens is 162 g/mol. The molecular formula is C11H15NO. The average molecular weight is 177 g/mol. The van der Waals surface area contributed by atoms with Crippen LogP contribution in [0.2, 0.25) is 0 Å². The van der Waals surface area contributed by atoms with Crippen molar-refractivity contribution in [3.63, 3.8) is 0 Å². The van der Waals surface area contributed by atoms with Crippen LogP contribution in [0.1, 0.15) is 18.4 Å². The standard InChI is InChI=1S/C11H15NO/c1-8-4-2-3-5-9(8)12-10-6-7-11(10)13/h2-5,10-13H,6-7H2,1H3/t10-,11-/m1/s1. The molecule has 0 unspecified atom stereocenters. The summed E-state index contributed by atoms with van der Waals surface area (Å²) in [6.07, 6.45) is 1.86. The van der Waals surface area contributed by atoms with Crippen LogP contribution in [0.4, 0.5) is 5.69 Å². The zero-order chi connectivity index (χ0) is 9.26. The highest BCUT2D eigenvalue weighted by atomic mass is 16.3. The molecule has 2 heteroatoms. The van der Waals surface area contributed by atoms with Crippen LogP contribution >= 0.6 is 0 Å². The Morgan fingerprint density at radius 1 is 1.31 bits per heavy atom. The van der Waals surface area contributed by atoms with Gasteiger partial charge in [-0.05, 0) is 31.4 Å². The number of anilines is 1. The Morgan fingerprint density at radius 3 is 2.62 bits per heavy atom. The summed E-state index contributed by atoms with van der Waals surface area (Å²) >= 11 is 0. The van der Waals surface area contributed by atoms with E-state index in [9.17, 15) is 5.11 Å². The molecule has 1 aliphatic carbocycles. The van der Waals surface area contributed by atoms with Crippen LogP contribution in [0.5, 0.6) is 0 Å². The van der Waals surface area contributed by atoms with E-state index in [1.165, 1.54) is 5.56 Å². The lowest BCUT2D eigenvalue weighted by Gasteiger charge is -2.34. The Balaban J connectivity index is 2.05. The van der Waals surface area contributed by atoms with E-state index in [2.05, 4.69) is 24.4 Å². The van der Waals surface area contributed by atoms with Crippen LogP contribution < -0.4 is 5.32 Å². The molecule has 0 heterocycles. The summed E-state index contributed by atoms with van der Waals surface area (Å²) < 4.78 is 0. The molecule has 1 aromatic rings. The Bertz CT molecular complexity index is 298. The van der Waals surface area contributed by atoms with Crippen molar-refractivity contribution in [3.05, 3.63) is 29.8 Å². The van der Waals surface area contributed by atoms with Crippen molar-refractivity contribution < 1.29 is 5.11 Å². The summed E-state index contributed by atoms with van der Waals surface area (Å²) in [5.41, 5.74) is 2.38. The summed E-state index contributed by atoms with van der Waals surface area (Å²) in [5, 5.41) is 12.7. The fraction of sp³-hybridized carbons (Fsp3) is 0.455. The molecule has 0 aliphatic heterocycles. The first-order chi connectivity index (χ1) is 6.27. The van der Waals surface area contributed by atoms with Gasteiger partial charge in [-0.3, -0.25) is 0 Å². The molecule has 0 bridgehead atoms. The number of aliphatic hydroxyl groups excluding tert-OH is 1. The molecule has 1 fully saturated rings. The molecule has 13 heavy (non-hydrogen) atoms. The maximum absolute atomic E-state index is 9.40. The lowest BCUT2D eigenvalue weighted by atomic mass is 9.89. The molecule has 0 amide bonds. The number of nitrogens with one attached hydrogen (secondary N) is 1. The first-order valence-corrected chi connectivity index (χ1v) is 4.77. The van der Waals surface area contributed by atoms with Gasteiger partial charge in [-0.2, -0.15) is 0 Å². The molecule has 1 saturated carbocycles. The highest BCUT2D eigenvalue weighted by Gasteiger charge is 2.28. The van der Waals surface area contributed by atoms with Crippen LogP contribution in [-0.4, -0.2) is 17.3 Å². The number of benzene rings is 1. The average Bonchev–Trinajstić information content (AvgIpc) is 2.14. The monoisotopic (exact) mass is 177 g/mol. The predicted octanol–water partition coefficient (Wildman–Crippen LogP) is 1.93. The highest BCUT2D eigenvalue weighted by Crippen LogP contribution is 2.25. The minimum Gasteiger partial charge on any atom is -0.391 e. The second kappa shape index (κ2) is 3.38. The molecule has 0 aromatic heterocycles. The first kappa shape index (κ1) is 8.57. The molecule has 0 saturated heterocycles. The van der Waals surface area contributed by atoms with Crippen molar-refractivity contribution in [2.75, 3.05) is 5.32 Å². The summed E-state index contributed by atoms with van der Waals surface area (Å²) in [4.78, 5) is 0. The van der Waals surface area contributed by atoms with E-state index in [4.69, 9.17) is 0 Å². The van der Waals surface area contributed by atoms with Crippen LogP contribution in [0.25, 0.3) is 0 Å². The van der Waals surface area contributed by atoms with Crippen molar-refractivity contribution >= 4 is 5.69 Å². The summed E-state index contributed by atoms with van der Waals surface area (Å²) in [6, 6.07) is 8.44. The molecule has 70 valence electrons.